The number of fused-ring (bicyclic) bond motifs is 2. The minimum Gasteiger partial charge on any atom is -0.375 e. The Morgan fingerprint density at radius 3 is 1.71 bits per heavy atom. The molecule has 14 heavy (non-hydrogen) atoms. The highest BCUT2D eigenvalue weighted by Gasteiger charge is 2.29. The van der Waals surface area contributed by atoms with Crippen molar-refractivity contribution < 1.29 is 4.74 Å². The van der Waals surface area contributed by atoms with E-state index in [0.717, 1.165) is 5.92 Å². The summed E-state index contributed by atoms with van der Waals surface area (Å²) in [6.45, 7) is 10.4. The first-order chi connectivity index (χ1) is 6.84. The van der Waals surface area contributed by atoms with Crippen LogP contribution in [0.2, 0.25) is 0 Å². The highest BCUT2D eigenvalue weighted by Crippen LogP contribution is 2.33. The van der Waals surface area contributed by atoms with E-state index >= 15 is 0 Å². The third kappa shape index (κ3) is 4.45. The molecular weight excluding hydrogens is 172 g/mol. The van der Waals surface area contributed by atoms with E-state index in [0.29, 0.717) is 12.2 Å². The molecule has 2 atom stereocenters. The molecule has 2 bridgehead atoms. The SMILES string of the molecule is CC.CC.CC1CC2CCCC(C1)O2. The van der Waals surface area contributed by atoms with Crippen molar-refractivity contribution in [2.24, 2.45) is 5.92 Å². The molecule has 0 amide bonds. The molecular formula is C13H28O. The molecule has 0 radical (unpaired) electrons. The molecule has 2 heterocycles. The van der Waals surface area contributed by atoms with E-state index in [2.05, 4.69) is 6.92 Å². The van der Waals surface area contributed by atoms with Gasteiger partial charge in [-0.25, -0.2) is 0 Å². The molecule has 0 N–H and O–H groups in total. The predicted octanol–water partition coefficient (Wildman–Crippen LogP) is 4.41. The van der Waals surface area contributed by atoms with Gasteiger partial charge in [0, 0.05) is 0 Å². The van der Waals surface area contributed by atoms with Crippen LogP contribution < -0.4 is 0 Å². The zero-order chi connectivity index (χ0) is 11.0. The second-order valence-electron chi connectivity index (χ2n) is 3.89. The predicted molar refractivity (Wildman–Crippen MR) is 63.6 cm³/mol. The van der Waals surface area contributed by atoms with Crippen LogP contribution in [0, 0.1) is 5.92 Å². The molecule has 0 aromatic heterocycles. The van der Waals surface area contributed by atoms with Crippen LogP contribution in [-0.2, 0) is 4.74 Å². The maximum Gasteiger partial charge on any atom is 0.0581 e. The largest absolute Gasteiger partial charge is 0.375 e. The van der Waals surface area contributed by atoms with E-state index in [1.165, 1.54) is 32.1 Å². The van der Waals surface area contributed by atoms with Crippen LogP contribution in [-0.4, -0.2) is 12.2 Å². The zero-order valence-electron chi connectivity index (χ0n) is 10.7. The van der Waals surface area contributed by atoms with Gasteiger partial charge in [0.25, 0.3) is 0 Å². The van der Waals surface area contributed by atoms with E-state index in [4.69, 9.17) is 4.74 Å². The third-order valence-electron chi connectivity index (χ3n) is 2.77. The normalized spacial score (nSPS) is 34.5. The van der Waals surface area contributed by atoms with E-state index in [9.17, 15) is 0 Å². The Hall–Kier alpha value is -0.0400. The summed E-state index contributed by atoms with van der Waals surface area (Å²) < 4.78 is 5.79. The number of hydrogen-bond acceptors (Lipinski definition) is 1. The first-order valence-electron chi connectivity index (χ1n) is 6.50. The van der Waals surface area contributed by atoms with Crippen LogP contribution >= 0.6 is 0 Å². The van der Waals surface area contributed by atoms with Crippen LogP contribution in [0.3, 0.4) is 0 Å². The van der Waals surface area contributed by atoms with Gasteiger partial charge in [0.05, 0.1) is 12.2 Å². The minimum absolute atomic E-state index is 0.627. The topological polar surface area (TPSA) is 9.23 Å². The quantitative estimate of drug-likeness (QED) is 0.563. The van der Waals surface area contributed by atoms with Crippen molar-refractivity contribution in [1.29, 1.82) is 0 Å². The monoisotopic (exact) mass is 200 g/mol. The van der Waals surface area contributed by atoms with Crippen LogP contribution in [0.4, 0.5) is 0 Å². The summed E-state index contributed by atoms with van der Waals surface area (Å²) in [5.74, 6) is 0.920. The average Bonchev–Trinajstić information content (AvgIpc) is 2.23. The summed E-state index contributed by atoms with van der Waals surface area (Å²) in [5, 5.41) is 0. The van der Waals surface area contributed by atoms with Crippen molar-refractivity contribution in [3.05, 3.63) is 0 Å². The maximum absolute atomic E-state index is 5.79. The number of rotatable bonds is 0. The van der Waals surface area contributed by atoms with Gasteiger partial charge < -0.3 is 4.74 Å². The molecule has 2 unspecified atom stereocenters. The van der Waals surface area contributed by atoms with E-state index in [1.54, 1.807) is 0 Å². The van der Waals surface area contributed by atoms with Crippen molar-refractivity contribution in [2.45, 2.75) is 78.9 Å². The summed E-state index contributed by atoms with van der Waals surface area (Å²) in [7, 11) is 0. The highest BCUT2D eigenvalue weighted by molar-refractivity contribution is 4.79. The molecule has 2 aliphatic rings. The van der Waals surface area contributed by atoms with Crippen LogP contribution in [0.5, 0.6) is 0 Å². The van der Waals surface area contributed by atoms with Crippen LogP contribution in [0.1, 0.15) is 66.7 Å². The van der Waals surface area contributed by atoms with Gasteiger partial charge in [0.2, 0.25) is 0 Å². The minimum atomic E-state index is 0.627. The summed E-state index contributed by atoms with van der Waals surface area (Å²) in [6.07, 6.45) is 7.93. The maximum atomic E-state index is 5.79. The van der Waals surface area contributed by atoms with Crippen molar-refractivity contribution in [3.63, 3.8) is 0 Å². The Morgan fingerprint density at radius 1 is 0.857 bits per heavy atom. The van der Waals surface area contributed by atoms with Crippen LogP contribution in [0.25, 0.3) is 0 Å². The first-order valence-corrected chi connectivity index (χ1v) is 6.50. The Kier molecular flexibility index (Phi) is 8.26. The molecule has 0 aliphatic carbocycles. The van der Waals surface area contributed by atoms with Crippen molar-refractivity contribution >= 4 is 0 Å². The van der Waals surface area contributed by atoms with Gasteiger partial charge in [0.1, 0.15) is 0 Å². The fourth-order valence-electron chi connectivity index (χ4n) is 2.32. The lowest BCUT2D eigenvalue weighted by Gasteiger charge is -2.38. The Balaban J connectivity index is 0.000000379. The molecule has 2 rings (SSSR count). The standard InChI is InChI=1S/C9H16O.2C2H6/c1-7-5-8-3-2-4-9(6-7)10-8;2*1-2/h7-9H,2-6H2,1H3;2*1-2H3. The molecule has 1 heteroatoms. The average molecular weight is 200 g/mol. The van der Waals surface area contributed by atoms with Gasteiger partial charge in [-0.05, 0) is 38.0 Å². The summed E-state index contributed by atoms with van der Waals surface area (Å²) in [5.41, 5.74) is 0. The number of hydrogen-bond donors (Lipinski definition) is 0. The molecule has 2 fully saturated rings. The lowest BCUT2D eigenvalue weighted by molar-refractivity contribution is -0.0987. The lowest BCUT2D eigenvalue weighted by atomic mass is 9.85. The molecule has 0 aromatic carbocycles. The fraction of sp³-hybridized carbons (Fsp3) is 1.00. The zero-order valence-corrected chi connectivity index (χ0v) is 10.7. The Labute approximate surface area is 90.2 Å². The molecule has 0 spiro atoms. The van der Waals surface area contributed by atoms with Gasteiger partial charge in [-0.15, -0.1) is 0 Å². The van der Waals surface area contributed by atoms with E-state index in [-0.39, 0.29) is 0 Å². The highest BCUT2D eigenvalue weighted by atomic mass is 16.5. The molecule has 1 nitrogen and oxygen atoms in total. The second kappa shape index (κ2) is 8.28. The van der Waals surface area contributed by atoms with Gasteiger partial charge in [-0.3, -0.25) is 0 Å². The molecule has 86 valence electrons. The molecule has 0 saturated carbocycles. The first kappa shape index (κ1) is 14.0. The van der Waals surface area contributed by atoms with Crippen LogP contribution in [0.15, 0.2) is 0 Å². The van der Waals surface area contributed by atoms with Gasteiger partial charge >= 0.3 is 0 Å². The van der Waals surface area contributed by atoms with Gasteiger partial charge in [-0.2, -0.15) is 0 Å². The number of ether oxygens (including phenoxy) is 1. The summed E-state index contributed by atoms with van der Waals surface area (Å²) in [4.78, 5) is 0. The molecule has 2 aliphatic heterocycles. The van der Waals surface area contributed by atoms with Crippen molar-refractivity contribution in [2.75, 3.05) is 0 Å². The Bertz CT molecular complexity index is 106. The molecule has 0 aromatic rings. The van der Waals surface area contributed by atoms with Crippen molar-refractivity contribution in [1.82, 2.24) is 0 Å². The lowest BCUT2D eigenvalue weighted by Crippen LogP contribution is -2.35. The van der Waals surface area contributed by atoms with Gasteiger partial charge in [-0.1, -0.05) is 34.6 Å². The smallest absolute Gasteiger partial charge is 0.0581 e. The second-order valence-corrected chi connectivity index (χ2v) is 3.89. The van der Waals surface area contributed by atoms with E-state index < -0.39 is 0 Å². The van der Waals surface area contributed by atoms with Crippen molar-refractivity contribution in [3.8, 4) is 0 Å². The fourth-order valence-corrected chi connectivity index (χ4v) is 2.32. The third-order valence-corrected chi connectivity index (χ3v) is 2.77. The summed E-state index contributed by atoms with van der Waals surface area (Å²) in [6, 6.07) is 0. The van der Waals surface area contributed by atoms with Gasteiger partial charge in [0.15, 0.2) is 0 Å². The Morgan fingerprint density at radius 2 is 1.29 bits per heavy atom. The molecule has 2 saturated heterocycles. The van der Waals surface area contributed by atoms with E-state index in [1.807, 2.05) is 27.7 Å². The summed E-state index contributed by atoms with van der Waals surface area (Å²) >= 11 is 0.